The van der Waals surface area contributed by atoms with Crippen LogP contribution in [-0.4, -0.2) is 35.6 Å². The van der Waals surface area contributed by atoms with Crippen LogP contribution in [0.2, 0.25) is 0 Å². The molecular weight excluding hydrogens is 202 g/mol. The van der Waals surface area contributed by atoms with Crippen LogP contribution in [0.5, 0.6) is 0 Å². The number of carbonyl (C=O) groups is 1. The first kappa shape index (κ1) is 13.2. The normalized spacial score (nSPS) is 23.0. The van der Waals surface area contributed by atoms with Crippen molar-refractivity contribution in [2.45, 2.75) is 33.6 Å². The predicted octanol–water partition coefficient (Wildman–Crippen LogP) is 2.39. The standard InChI is InChI=1S/C13H23NO2/c1-10(2)8-11(3)4-6-14-7-5-12(9-14)13(15)16/h4,10,12H,5-9H2,1-3H3,(H,15,16)/b11-4+. The first-order valence-electron chi connectivity index (χ1n) is 6.10. The van der Waals surface area contributed by atoms with E-state index >= 15 is 0 Å². The van der Waals surface area contributed by atoms with Crippen molar-refractivity contribution in [2.75, 3.05) is 19.6 Å². The Morgan fingerprint density at radius 1 is 1.56 bits per heavy atom. The summed E-state index contributed by atoms with van der Waals surface area (Å²) in [6, 6.07) is 0. The lowest BCUT2D eigenvalue weighted by Crippen LogP contribution is -2.23. The van der Waals surface area contributed by atoms with Crippen molar-refractivity contribution < 1.29 is 9.90 Å². The van der Waals surface area contributed by atoms with E-state index in [0.717, 1.165) is 25.9 Å². The molecule has 1 saturated heterocycles. The van der Waals surface area contributed by atoms with Crippen molar-refractivity contribution in [3.05, 3.63) is 11.6 Å². The monoisotopic (exact) mass is 225 g/mol. The second-order valence-corrected chi connectivity index (χ2v) is 5.23. The first-order valence-corrected chi connectivity index (χ1v) is 6.10. The molecule has 1 unspecified atom stereocenters. The third-order valence-electron chi connectivity index (χ3n) is 3.05. The van der Waals surface area contributed by atoms with E-state index in [4.69, 9.17) is 5.11 Å². The summed E-state index contributed by atoms with van der Waals surface area (Å²) >= 11 is 0. The van der Waals surface area contributed by atoms with Crippen LogP contribution in [0.1, 0.15) is 33.6 Å². The van der Waals surface area contributed by atoms with Crippen molar-refractivity contribution in [1.29, 1.82) is 0 Å². The van der Waals surface area contributed by atoms with Gasteiger partial charge in [-0.15, -0.1) is 0 Å². The lowest BCUT2D eigenvalue weighted by atomic mass is 10.0. The molecule has 0 radical (unpaired) electrons. The highest BCUT2D eigenvalue weighted by Gasteiger charge is 2.26. The van der Waals surface area contributed by atoms with Gasteiger partial charge in [-0.3, -0.25) is 9.69 Å². The molecule has 3 nitrogen and oxygen atoms in total. The third-order valence-corrected chi connectivity index (χ3v) is 3.05. The highest BCUT2D eigenvalue weighted by atomic mass is 16.4. The fourth-order valence-electron chi connectivity index (χ4n) is 2.21. The lowest BCUT2D eigenvalue weighted by molar-refractivity contribution is -0.141. The maximum absolute atomic E-state index is 10.8. The molecule has 1 aliphatic heterocycles. The number of nitrogens with zero attached hydrogens (tertiary/aromatic N) is 1. The summed E-state index contributed by atoms with van der Waals surface area (Å²) in [4.78, 5) is 13.0. The smallest absolute Gasteiger partial charge is 0.307 e. The number of carboxylic acids is 1. The maximum atomic E-state index is 10.8. The molecule has 16 heavy (non-hydrogen) atoms. The second-order valence-electron chi connectivity index (χ2n) is 5.23. The van der Waals surface area contributed by atoms with Crippen molar-refractivity contribution in [3.8, 4) is 0 Å². The number of rotatable bonds is 5. The van der Waals surface area contributed by atoms with E-state index in [-0.39, 0.29) is 5.92 Å². The number of hydrogen-bond donors (Lipinski definition) is 1. The van der Waals surface area contributed by atoms with Crippen LogP contribution >= 0.6 is 0 Å². The topological polar surface area (TPSA) is 40.5 Å². The third kappa shape index (κ3) is 4.35. The Morgan fingerprint density at radius 2 is 2.25 bits per heavy atom. The summed E-state index contributed by atoms with van der Waals surface area (Å²) in [5.74, 6) is -0.106. The van der Waals surface area contributed by atoms with E-state index in [2.05, 4.69) is 31.7 Å². The zero-order chi connectivity index (χ0) is 12.1. The van der Waals surface area contributed by atoms with Gasteiger partial charge in [-0.1, -0.05) is 25.5 Å². The highest BCUT2D eigenvalue weighted by molar-refractivity contribution is 5.70. The summed E-state index contributed by atoms with van der Waals surface area (Å²) < 4.78 is 0. The molecule has 0 aromatic heterocycles. The molecule has 0 spiro atoms. The van der Waals surface area contributed by atoms with Crippen LogP contribution in [0.3, 0.4) is 0 Å². The van der Waals surface area contributed by atoms with Crippen molar-refractivity contribution >= 4 is 5.97 Å². The van der Waals surface area contributed by atoms with Crippen LogP contribution in [0.25, 0.3) is 0 Å². The molecule has 0 saturated carbocycles. The van der Waals surface area contributed by atoms with Gasteiger partial charge in [-0.2, -0.15) is 0 Å². The van der Waals surface area contributed by atoms with E-state index in [1.807, 2.05) is 0 Å². The predicted molar refractivity (Wildman–Crippen MR) is 65.4 cm³/mol. The molecule has 0 aromatic carbocycles. The Bertz CT molecular complexity index is 271. The van der Waals surface area contributed by atoms with Crippen LogP contribution < -0.4 is 0 Å². The van der Waals surface area contributed by atoms with Gasteiger partial charge in [0.15, 0.2) is 0 Å². The maximum Gasteiger partial charge on any atom is 0.307 e. The zero-order valence-electron chi connectivity index (χ0n) is 10.6. The second kappa shape index (κ2) is 6.04. The fourth-order valence-corrected chi connectivity index (χ4v) is 2.21. The van der Waals surface area contributed by atoms with Crippen LogP contribution in [0, 0.1) is 11.8 Å². The summed E-state index contributed by atoms with van der Waals surface area (Å²) in [5.41, 5.74) is 1.41. The van der Waals surface area contributed by atoms with Crippen LogP contribution in [0.15, 0.2) is 11.6 Å². The Labute approximate surface area is 98.1 Å². The SMILES string of the molecule is C/C(=C\CN1CCC(C(=O)O)C1)CC(C)C. The number of aliphatic carboxylic acids is 1. The van der Waals surface area contributed by atoms with Gasteiger partial charge in [0.1, 0.15) is 0 Å². The van der Waals surface area contributed by atoms with E-state index in [1.54, 1.807) is 0 Å². The number of allylic oxidation sites excluding steroid dienone is 1. The minimum Gasteiger partial charge on any atom is -0.481 e. The average molecular weight is 225 g/mol. The summed E-state index contributed by atoms with van der Waals surface area (Å²) in [5, 5.41) is 8.89. The molecule has 1 fully saturated rings. The number of hydrogen-bond acceptors (Lipinski definition) is 2. The first-order chi connectivity index (χ1) is 7.49. The fraction of sp³-hybridized carbons (Fsp3) is 0.769. The zero-order valence-corrected chi connectivity index (χ0v) is 10.6. The Morgan fingerprint density at radius 3 is 2.75 bits per heavy atom. The molecular formula is C13H23NO2. The summed E-state index contributed by atoms with van der Waals surface area (Å²) in [7, 11) is 0. The minimum atomic E-state index is -0.648. The van der Waals surface area contributed by atoms with Gasteiger partial charge >= 0.3 is 5.97 Å². The van der Waals surface area contributed by atoms with Gasteiger partial charge in [-0.05, 0) is 32.2 Å². The molecule has 3 heteroatoms. The molecule has 0 bridgehead atoms. The van der Waals surface area contributed by atoms with Gasteiger partial charge in [0.25, 0.3) is 0 Å². The van der Waals surface area contributed by atoms with Gasteiger partial charge in [0, 0.05) is 13.1 Å². The molecule has 1 heterocycles. The van der Waals surface area contributed by atoms with Gasteiger partial charge < -0.3 is 5.11 Å². The molecule has 0 amide bonds. The van der Waals surface area contributed by atoms with E-state index < -0.39 is 5.97 Å². The van der Waals surface area contributed by atoms with E-state index in [0.29, 0.717) is 12.5 Å². The van der Waals surface area contributed by atoms with Crippen molar-refractivity contribution in [3.63, 3.8) is 0 Å². The van der Waals surface area contributed by atoms with E-state index in [9.17, 15) is 4.79 Å². The Hall–Kier alpha value is -0.830. The minimum absolute atomic E-state index is 0.154. The Balaban J connectivity index is 2.32. The number of carboxylic acid groups (broad SMARTS) is 1. The summed E-state index contributed by atoms with van der Waals surface area (Å²) in [6.07, 6.45) is 4.17. The van der Waals surface area contributed by atoms with Crippen molar-refractivity contribution in [2.24, 2.45) is 11.8 Å². The van der Waals surface area contributed by atoms with Crippen LogP contribution in [0.4, 0.5) is 0 Å². The van der Waals surface area contributed by atoms with Gasteiger partial charge in [0.05, 0.1) is 5.92 Å². The van der Waals surface area contributed by atoms with Gasteiger partial charge in [0.2, 0.25) is 0 Å². The molecule has 92 valence electrons. The molecule has 1 rings (SSSR count). The lowest BCUT2D eigenvalue weighted by Gasteiger charge is -2.13. The van der Waals surface area contributed by atoms with Crippen LogP contribution in [-0.2, 0) is 4.79 Å². The van der Waals surface area contributed by atoms with Crippen molar-refractivity contribution in [1.82, 2.24) is 4.90 Å². The largest absolute Gasteiger partial charge is 0.481 e. The molecule has 1 atom stereocenters. The average Bonchev–Trinajstić information content (AvgIpc) is 2.61. The quantitative estimate of drug-likeness (QED) is 0.730. The highest BCUT2D eigenvalue weighted by Crippen LogP contribution is 2.17. The van der Waals surface area contributed by atoms with E-state index in [1.165, 1.54) is 5.57 Å². The molecule has 1 N–H and O–H groups in total. The molecule has 1 aliphatic rings. The number of likely N-dealkylation sites (tertiary alicyclic amines) is 1. The molecule has 0 aromatic rings. The Kier molecular flexibility index (Phi) is 5.00. The van der Waals surface area contributed by atoms with Gasteiger partial charge in [-0.25, -0.2) is 0 Å². The summed E-state index contributed by atoms with van der Waals surface area (Å²) in [6.45, 7) is 9.12. The molecule has 0 aliphatic carbocycles.